The van der Waals surface area contributed by atoms with Crippen molar-refractivity contribution in [3.05, 3.63) is 81.6 Å². The van der Waals surface area contributed by atoms with E-state index in [1.807, 2.05) is 12.2 Å². The van der Waals surface area contributed by atoms with Crippen LogP contribution in [0.2, 0.25) is 10.0 Å². The number of benzene rings is 2. The molecular weight excluding hydrogens is 518 g/mol. The van der Waals surface area contributed by atoms with E-state index in [1.165, 1.54) is 30.3 Å². The van der Waals surface area contributed by atoms with Gasteiger partial charge in [-0.05, 0) is 61.7 Å². The zero-order chi connectivity index (χ0) is 25.3. The molecular formula is C25H20Cl3FN2O4. The first kappa shape index (κ1) is 25.4. The van der Waals surface area contributed by atoms with Crippen LogP contribution in [0.15, 0.2) is 54.6 Å². The average Bonchev–Trinajstić information content (AvgIpc) is 3.10. The number of carbonyl (C=O) groups is 4. The molecule has 0 N–H and O–H groups in total. The summed E-state index contributed by atoms with van der Waals surface area (Å²) in [5.74, 6) is -4.36. The summed E-state index contributed by atoms with van der Waals surface area (Å²) >= 11 is 18.1. The molecule has 0 unspecified atom stereocenters. The van der Waals surface area contributed by atoms with Crippen LogP contribution in [0.25, 0.3) is 0 Å². The molecule has 0 bridgehead atoms. The van der Waals surface area contributed by atoms with Gasteiger partial charge in [-0.15, -0.1) is 11.6 Å². The summed E-state index contributed by atoms with van der Waals surface area (Å²) < 4.78 is 13.5. The number of allylic oxidation sites excluding steroid dienone is 2. The molecule has 1 saturated heterocycles. The zero-order valence-corrected chi connectivity index (χ0v) is 20.6. The minimum atomic E-state index is -1.30. The van der Waals surface area contributed by atoms with Gasteiger partial charge in [0.15, 0.2) is 5.78 Å². The van der Waals surface area contributed by atoms with Crippen LogP contribution in [0, 0.1) is 17.7 Å². The average molecular weight is 538 g/mol. The number of hydrogen-bond donors (Lipinski definition) is 0. The van der Waals surface area contributed by atoms with E-state index in [4.69, 9.17) is 34.8 Å². The highest BCUT2D eigenvalue weighted by Crippen LogP contribution is 2.37. The topological polar surface area (TPSA) is 74.8 Å². The smallest absolute Gasteiger partial charge is 0.273 e. The molecule has 3 amide bonds. The summed E-state index contributed by atoms with van der Waals surface area (Å²) in [6, 6.07) is 7.58. The number of rotatable bonds is 7. The van der Waals surface area contributed by atoms with Crippen LogP contribution < -0.4 is 0 Å². The molecule has 0 radical (unpaired) electrons. The highest BCUT2D eigenvalue weighted by atomic mass is 35.5. The normalized spacial score (nSPS) is 20.1. The van der Waals surface area contributed by atoms with Gasteiger partial charge in [-0.25, -0.2) is 9.40 Å². The largest absolute Gasteiger partial charge is 0.292 e. The van der Waals surface area contributed by atoms with Crippen molar-refractivity contribution in [3.63, 3.8) is 0 Å². The quantitative estimate of drug-likeness (QED) is 0.207. The Balaban J connectivity index is 1.82. The van der Waals surface area contributed by atoms with Crippen LogP contribution in [-0.2, 0) is 9.59 Å². The van der Waals surface area contributed by atoms with Crippen molar-refractivity contribution in [2.24, 2.45) is 11.8 Å². The maximum Gasteiger partial charge on any atom is 0.273 e. The van der Waals surface area contributed by atoms with Gasteiger partial charge in [0.25, 0.3) is 17.7 Å². The number of halogens is 4. The van der Waals surface area contributed by atoms with E-state index >= 15 is 0 Å². The molecule has 182 valence electrons. The molecule has 6 nitrogen and oxygen atoms in total. The van der Waals surface area contributed by atoms with E-state index in [0.717, 1.165) is 22.2 Å². The number of alkyl halides is 1. The summed E-state index contributed by atoms with van der Waals surface area (Å²) in [6.07, 6.45) is 4.29. The van der Waals surface area contributed by atoms with Gasteiger partial charge in [-0.2, -0.15) is 5.01 Å². The molecule has 2 aromatic rings. The maximum atomic E-state index is 13.8. The monoisotopic (exact) mass is 536 g/mol. The van der Waals surface area contributed by atoms with E-state index in [2.05, 4.69) is 0 Å². The molecule has 0 saturated carbocycles. The Hall–Kier alpha value is -2.74. The van der Waals surface area contributed by atoms with Crippen LogP contribution in [0.4, 0.5) is 4.39 Å². The van der Waals surface area contributed by atoms with Crippen LogP contribution >= 0.6 is 34.8 Å². The number of imide groups is 1. The van der Waals surface area contributed by atoms with E-state index in [0.29, 0.717) is 12.8 Å². The molecule has 1 fully saturated rings. The van der Waals surface area contributed by atoms with Gasteiger partial charge in [0.05, 0.1) is 21.9 Å². The van der Waals surface area contributed by atoms with Gasteiger partial charge in [-0.3, -0.25) is 19.2 Å². The molecule has 0 aromatic heterocycles. The summed E-state index contributed by atoms with van der Waals surface area (Å²) in [5.41, 5.74) is 0.131. The number of Topliss-reactive ketones (excluding diaryl/α,β-unsaturated/α-hetero) is 1. The Kier molecular flexibility index (Phi) is 7.59. The second kappa shape index (κ2) is 10.5. The highest BCUT2D eigenvalue weighted by molar-refractivity contribution is 6.42. The van der Waals surface area contributed by atoms with Gasteiger partial charge in [0.1, 0.15) is 11.9 Å². The van der Waals surface area contributed by atoms with Crippen molar-refractivity contribution in [3.8, 4) is 0 Å². The van der Waals surface area contributed by atoms with Crippen LogP contribution in [0.1, 0.15) is 40.0 Å². The van der Waals surface area contributed by atoms with Crippen molar-refractivity contribution in [1.29, 1.82) is 0 Å². The second-order valence-corrected chi connectivity index (χ2v) is 9.48. The summed E-state index contributed by atoms with van der Waals surface area (Å²) in [5, 5.41) is 1.97. The lowest BCUT2D eigenvalue weighted by Gasteiger charge is -2.36. The summed E-state index contributed by atoms with van der Waals surface area (Å²) in [4.78, 5) is 54.1. The summed E-state index contributed by atoms with van der Waals surface area (Å²) in [6.45, 7) is 0. The molecule has 2 aromatic carbocycles. The second-order valence-electron chi connectivity index (χ2n) is 8.29. The van der Waals surface area contributed by atoms with Gasteiger partial charge in [0, 0.05) is 17.0 Å². The lowest BCUT2D eigenvalue weighted by atomic mass is 9.85. The van der Waals surface area contributed by atoms with Gasteiger partial charge in [-0.1, -0.05) is 35.4 Å². The number of amides is 3. The van der Waals surface area contributed by atoms with Crippen molar-refractivity contribution in [2.75, 3.05) is 5.88 Å². The van der Waals surface area contributed by atoms with Crippen LogP contribution in [-0.4, -0.2) is 45.4 Å². The Morgan fingerprint density at radius 2 is 1.51 bits per heavy atom. The molecule has 0 spiro atoms. The predicted octanol–water partition coefficient (Wildman–Crippen LogP) is 5.32. The maximum absolute atomic E-state index is 13.8. The lowest BCUT2D eigenvalue weighted by molar-refractivity contribution is -0.156. The fourth-order valence-corrected chi connectivity index (χ4v) is 4.91. The van der Waals surface area contributed by atoms with Crippen LogP contribution in [0.5, 0.6) is 0 Å². The van der Waals surface area contributed by atoms with E-state index in [9.17, 15) is 23.6 Å². The van der Waals surface area contributed by atoms with E-state index in [1.54, 1.807) is 0 Å². The first-order chi connectivity index (χ1) is 16.7. The number of ketones is 1. The number of fused-ring (bicyclic) bond motifs is 1. The standard InChI is InChI=1S/C25H20Cl3FN2O4/c26-12-11-21(22(32)14-5-8-16(29)9-6-14)30(23(33)15-7-10-19(27)20(28)13-15)31-24(34)17-3-1-2-4-18(17)25(31)35/h1-2,5-10,13,17-18,21H,3-4,11-12H2/t17-,18-,21+/m1/s1. The Labute approximate surface area is 216 Å². The first-order valence-electron chi connectivity index (χ1n) is 10.9. The summed E-state index contributed by atoms with van der Waals surface area (Å²) in [7, 11) is 0. The molecule has 4 rings (SSSR count). The first-order valence-corrected chi connectivity index (χ1v) is 12.2. The molecule has 1 aliphatic heterocycles. The third-order valence-corrected chi connectivity index (χ3v) is 7.14. The molecule has 35 heavy (non-hydrogen) atoms. The van der Waals surface area contributed by atoms with Crippen LogP contribution in [0.3, 0.4) is 0 Å². The van der Waals surface area contributed by atoms with Crippen molar-refractivity contribution in [1.82, 2.24) is 10.0 Å². The Morgan fingerprint density at radius 3 is 2.06 bits per heavy atom. The van der Waals surface area contributed by atoms with Crippen molar-refractivity contribution in [2.45, 2.75) is 25.3 Å². The minimum Gasteiger partial charge on any atom is -0.292 e. The number of carbonyl (C=O) groups excluding carboxylic acids is 4. The van der Waals surface area contributed by atoms with E-state index in [-0.39, 0.29) is 33.5 Å². The lowest BCUT2D eigenvalue weighted by Crippen LogP contribution is -2.57. The highest BCUT2D eigenvalue weighted by Gasteiger charge is 2.53. The fraction of sp³-hybridized carbons (Fsp3) is 0.280. The van der Waals surface area contributed by atoms with Crippen molar-refractivity contribution < 1.29 is 23.6 Å². The SMILES string of the molecule is O=C(c1ccc(F)cc1)[C@H](CCCl)N(C(=O)c1ccc(Cl)c(Cl)c1)N1C(=O)[C@@H]2CC=CC[C@H]2C1=O. The Bertz CT molecular complexity index is 1190. The zero-order valence-electron chi connectivity index (χ0n) is 18.3. The molecule has 3 atom stereocenters. The number of hydrogen-bond acceptors (Lipinski definition) is 4. The molecule has 10 heteroatoms. The fourth-order valence-electron chi connectivity index (χ4n) is 4.40. The third kappa shape index (κ3) is 4.85. The minimum absolute atomic E-state index is 0.0273. The third-order valence-electron chi connectivity index (χ3n) is 6.18. The predicted molar refractivity (Wildman–Crippen MR) is 130 cm³/mol. The Morgan fingerprint density at radius 1 is 0.943 bits per heavy atom. The van der Waals surface area contributed by atoms with Gasteiger partial charge >= 0.3 is 0 Å². The van der Waals surface area contributed by atoms with E-state index < -0.39 is 47.2 Å². The number of nitrogens with zero attached hydrogens (tertiary/aromatic N) is 2. The molecule has 1 heterocycles. The molecule has 1 aliphatic carbocycles. The molecule has 2 aliphatic rings. The number of hydrazine groups is 1. The van der Waals surface area contributed by atoms with Gasteiger partial charge in [0.2, 0.25) is 0 Å². The van der Waals surface area contributed by atoms with Crippen molar-refractivity contribution >= 4 is 58.3 Å². The van der Waals surface area contributed by atoms with Gasteiger partial charge < -0.3 is 0 Å².